The number of nitro groups is 1. The molecule has 7 nitrogen and oxygen atoms in total. The maximum Gasteiger partial charge on any atom is 0.293 e. The number of hydrogen-bond donors (Lipinski definition) is 1. The Morgan fingerprint density at radius 2 is 1.85 bits per heavy atom. The lowest BCUT2D eigenvalue weighted by atomic mass is 10.2. The van der Waals surface area contributed by atoms with Gasteiger partial charge in [-0.25, -0.2) is 4.98 Å². The first-order valence-electron chi connectivity index (χ1n) is 8.00. The summed E-state index contributed by atoms with van der Waals surface area (Å²) in [4.78, 5) is 14.9. The fourth-order valence-corrected chi connectivity index (χ4v) is 2.55. The number of methoxy groups -OCH3 is 1. The zero-order valence-corrected chi connectivity index (χ0v) is 15.1. The predicted octanol–water partition coefficient (Wildman–Crippen LogP) is 5.06. The van der Waals surface area contributed by atoms with Gasteiger partial charge in [-0.05, 0) is 48.0 Å². The van der Waals surface area contributed by atoms with Crippen LogP contribution in [0.1, 0.15) is 5.56 Å². The van der Waals surface area contributed by atoms with Crippen molar-refractivity contribution in [1.82, 2.24) is 4.98 Å². The van der Waals surface area contributed by atoms with E-state index in [1.165, 1.54) is 6.07 Å². The molecule has 0 saturated carbocycles. The topological polar surface area (TPSA) is 86.5 Å². The van der Waals surface area contributed by atoms with Crippen LogP contribution in [0.3, 0.4) is 0 Å². The molecule has 0 aliphatic carbocycles. The number of ether oxygens (including phenoxy) is 2. The highest BCUT2D eigenvalue weighted by molar-refractivity contribution is 6.30. The van der Waals surface area contributed by atoms with Gasteiger partial charge in [0.2, 0.25) is 5.88 Å². The van der Waals surface area contributed by atoms with Crippen LogP contribution in [0.5, 0.6) is 17.4 Å². The molecule has 0 spiro atoms. The standard InChI is InChI=1S/C19H16ClN3O4/c1-26-15-3-5-16(6-4-15)27-19-10-13(8-9-21-19)12-22-17-7-2-14(20)11-18(17)23(24)25/h2-11,22H,12H2,1H3. The molecule has 1 heterocycles. The lowest BCUT2D eigenvalue weighted by molar-refractivity contribution is -0.383. The van der Waals surface area contributed by atoms with Crippen LogP contribution >= 0.6 is 11.6 Å². The molecule has 0 radical (unpaired) electrons. The van der Waals surface area contributed by atoms with Gasteiger partial charge in [-0.15, -0.1) is 0 Å². The second kappa shape index (κ2) is 8.37. The van der Waals surface area contributed by atoms with Crippen molar-refractivity contribution >= 4 is 23.0 Å². The fraction of sp³-hybridized carbons (Fsp3) is 0.105. The molecule has 0 atom stereocenters. The van der Waals surface area contributed by atoms with E-state index in [1.54, 1.807) is 61.8 Å². The molecule has 0 unspecified atom stereocenters. The van der Waals surface area contributed by atoms with Crippen LogP contribution < -0.4 is 14.8 Å². The number of nitro benzene ring substituents is 1. The molecule has 0 fully saturated rings. The lowest BCUT2D eigenvalue weighted by Gasteiger charge is -2.09. The first-order chi connectivity index (χ1) is 13.0. The van der Waals surface area contributed by atoms with Gasteiger partial charge in [-0.3, -0.25) is 10.1 Å². The van der Waals surface area contributed by atoms with E-state index in [0.717, 1.165) is 11.3 Å². The monoisotopic (exact) mass is 385 g/mol. The number of nitrogens with one attached hydrogen (secondary N) is 1. The van der Waals surface area contributed by atoms with E-state index < -0.39 is 4.92 Å². The summed E-state index contributed by atoms with van der Waals surface area (Å²) < 4.78 is 10.8. The quantitative estimate of drug-likeness (QED) is 0.452. The maximum absolute atomic E-state index is 11.2. The minimum Gasteiger partial charge on any atom is -0.497 e. The minimum absolute atomic E-state index is 0.0775. The van der Waals surface area contributed by atoms with Gasteiger partial charge < -0.3 is 14.8 Å². The zero-order chi connectivity index (χ0) is 19.2. The maximum atomic E-state index is 11.2. The first kappa shape index (κ1) is 18.5. The Bertz CT molecular complexity index is 948. The Hall–Kier alpha value is -3.32. The van der Waals surface area contributed by atoms with Crippen LogP contribution in [-0.4, -0.2) is 17.0 Å². The molecule has 8 heteroatoms. The number of nitrogens with zero attached hydrogens (tertiary/aromatic N) is 2. The smallest absolute Gasteiger partial charge is 0.293 e. The van der Waals surface area contributed by atoms with Crippen LogP contribution in [0.15, 0.2) is 60.8 Å². The average molecular weight is 386 g/mol. The van der Waals surface area contributed by atoms with Gasteiger partial charge in [-0.2, -0.15) is 0 Å². The Kier molecular flexibility index (Phi) is 5.73. The predicted molar refractivity (Wildman–Crippen MR) is 103 cm³/mol. The Morgan fingerprint density at radius 3 is 2.56 bits per heavy atom. The third kappa shape index (κ3) is 4.86. The first-order valence-corrected chi connectivity index (χ1v) is 8.37. The zero-order valence-electron chi connectivity index (χ0n) is 14.4. The van der Waals surface area contributed by atoms with E-state index in [0.29, 0.717) is 28.9 Å². The van der Waals surface area contributed by atoms with Crippen LogP contribution in [0.2, 0.25) is 5.02 Å². The van der Waals surface area contributed by atoms with Crippen LogP contribution in [0, 0.1) is 10.1 Å². The highest BCUT2D eigenvalue weighted by atomic mass is 35.5. The summed E-state index contributed by atoms with van der Waals surface area (Å²) >= 11 is 5.83. The van der Waals surface area contributed by atoms with Crippen molar-refractivity contribution in [3.8, 4) is 17.4 Å². The summed E-state index contributed by atoms with van der Waals surface area (Å²) in [6, 6.07) is 15.2. The van der Waals surface area contributed by atoms with Gasteiger partial charge in [-0.1, -0.05) is 11.6 Å². The summed E-state index contributed by atoms with van der Waals surface area (Å²) in [5, 5.41) is 14.5. The summed E-state index contributed by atoms with van der Waals surface area (Å²) in [6.07, 6.45) is 1.62. The highest BCUT2D eigenvalue weighted by Gasteiger charge is 2.14. The largest absolute Gasteiger partial charge is 0.497 e. The summed E-state index contributed by atoms with van der Waals surface area (Å²) in [5.74, 6) is 1.78. The number of aromatic nitrogens is 1. The van der Waals surface area contributed by atoms with Gasteiger partial charge in [0.05, 0.1) is 12.0 Å². The average Bonchev–Trinajstić information content (AvgIpc) is 2.68. The molecular formula is C19H16ClN3O4. The molecule has 0 aliphatic rings. The van der Waals surface area contributed by atoms with Crippen molar-refractivity contribution in [3.63, 3.8) is 0 Å². The van der Waals surface area contributed by atoms with Crippen molar-refractivity contribution in [3.05, 3.63) is 81.5 Å². The summed E-state index contributed by atoms with van der Waals surface area (Å²) in [5.41, 5.74) is 1.17. The van der Waals surface area contributed by atoms with Gasteiger partial charge >= 0.3 is 0 Å². The Labute approximate surface area is 160 Å². The number of rotatable bonds is 7. The van der Waals surface area contributed by atoms with Crippen molar-refractivity contribution in [2.45, 2.75) is 6.54 Å². The number of hydrogen-bond acceptors (Lipinski definition) is 6. The number of pyridine rings is 1. The number of anilines is 1. The molecule has 1 N–H and O–H groups in total. The third-order valence-electron chi connectivity index (χ3n) is 3.72. The van der Waals surface area contributed by atoms with Crippen molar-refractivity contribution in [1.29, 1.82) is 0 Å². The second-order valence-electron chi connectivity index (χ2n) is 5.55. The van der Waals surface area contributed by atoms with Crippen molar-refractivity contribution < 1.29 is 14.4 Å². The van der Waals surface area contributed by atoms with Gasteiger partial charge in [0.1, 0.15) is 17.2 Å². The van der Waals surface area contributed by atoms with Crippen LogP contribution in [0.25, 0.3) is 0 Å². The molecular weight excluding hydrogens is 370 g/mol. The molecule has 0 aliphatic heterocycles. The highest BCUT2D eigenvalue weighted by Crippen LogP contribution is 2.28. The molecule has 0 saturated heterocycles. The van der Waals surface area contributed by atoms with E-state index in [-0.39, 0.29) is 5.69 Å². The molecule has 0 amide bonds. The van der Waals surface area contributed by atoms with Gasteiger partial charge in [0, 0.05) is 29.9 Å². The van der Waals surface area contributed by atoms with E-state index in [2.05, 4.69) is 10.3 Å². The SMILES string of the molecule is COc1ccc(Oc2cc(CNc3ccc(Cl)cc3[N+](=O)[O-])ccn2)cc1. The van der Waals surface area contributed by atoms with E-state index in [4.69, 9.17) is 21.1 Å². The summed E-state index contributed by atoms with van der Waals surface area (Å²) in [6.45, 7) is 0.365. The Morgan fingerprint density at radius 1 is 1.11 bits per heavy atom. The summed E-state index contributed by atoms with van der Waals surface area (Å²) in [7, 11) is 1.60. The molecule has 3 aromatic rings. The number of benzene rings is 2. The molecule has 138 valence electrons. The van der Waals surface area contributed by atoms with E-state index in [9.17, 15) is 10.1 Å². The molecule has 2 aromatic carbocycles. The number of halogens is 1. The van der Waals surface area contributed by atoms with Crippen LogP contribution in [-0.2, 0) is 6.54 Å². The Balaban J connectivity index is 1.70. The molecule has 3 rings (SSSR count). The van der Waals surface area contributed by atoms with Gasteiger partial charge in [0.15, 0.2) is 0 Å². The molecule has 0 bridgehead atoms. The minimum atomic E-state index is -0.473. The van der Waals surface area contributed by atoms with E-state index >= 15 is 0 Å². The van der Waals surface area contributed by atoms with E-state index in [1.807, 2.05) is 0 Å². The third-order valence-corrected chi connectivity index (χ3v) is 3.96. The molecule has 1 aromatic heterocycles. The molecule has 27 heavy (non-hydrogen) atoms. The second-order valence-corrected chi connectivity index (χ2v) is 5.99. The van der Waals surface area contributed by atoms with Crippen molar-refractivity contribution in [2.75, 3.05) is 12.4 Å². The van der Waals surface area contributed by atoms with Crippen LogP contribution in [0.4, 0.5) is 11.4 Å². The normalized spacial score (nSPS) is 10.3. The van der Waals surface area contributed by atoms with Crippen molar-refractivity contribution in [2.24, 2.45) is 0 Å². The fourth-order valence-electron chi connectivity index (χ4n) is 2.38. The van der Waals surface area contributed by atoms with Gasteiger partial charge in [0.25, 0.3) is 5.69 Å². The lowest BCUT2D eigenvalue weighted by Crippen LogP contribution is -2.03.